The number of nitrogens with one attached hydrogen (secondary N) is 3. The van der Waals surface area contributed by atoms with Gasteiger partial charge in [0.2, 0.25) is 18.1 Å². The van der Waals surface area contributed by atoms with Crippen molar-refractivity contribution in [1.82, 2.24) is 25.1 Å². The summed E-state index contributed by atoms with van der Waals surface area (Å²) in [6.07, 6.45) is -10.1. The molecule has 5 amide bonds. The number of hydrogen-bond donors (Lipinski definition) is 8. The van der Waals surface area contributed by atoms with E-state index in [4.69, 9.17) is 28.7 Å². The lowest BCUT2D eigenvalue weighted by Crippen LogP contribution is -2.61. The summed E-state index contributed by atoms with van der Waals surface area (Å²) in [6.45, 7) is -0.654. The molecule has 0 spiro atoms. The first kappa shape index (κ1) is 46.3. The summed E-state index contributed by atoms with van der Waals surface area (Å²) in [5, 5.41) is 59.8. The van der Waals surface area contributed by atoms with E-state index in [9.17, 15) is 63.9 Å². The standard InChI is InChI=1S/C45H42N6O18/c52-31(6-9-50-33(54)3-4-34(50)55)46-8-5-32(53)48-27-11-19(1-2-29(27)68-44-39(59)37(57)38(58)40(69-44)42(61)62)17-67-45(64)47-15-23-21-12-20-7-10-65-30(20)14-26(21)49-35-24(23)16-51-28(35)13-22-25(41(51)60)18-66-43(63)36(22)56/h1-4,11-14,36-40,44,56-59H,5-10,15-18H2,(H,46,52)(H,47,64)(H,48,53)(H,61,62)/t36-,37-,38-,39+,40-,44+/m0/s1. The van der Waals surface area contributed by atoms with Crippen LogP contribution in [0.3, 0.4) is 0 Å². The van der Waals surface area contributed by atoms with Crippen LogP contribution in [0.1, 0.15) is 52.3 Å². The molecule has 69 heavy (non-hydrogen) atoms. The summed E-state index contributed by atoms with van der Waals surface area (Å²) >= 11 is 0. The summed E-state index contributed by atoms with van der Waals surface area (Å²) in [6, 6.07) is 9.25. The Bertz CT molecular complexity index is 2930. The minimum atomic E-state index is -2.01. The molecule has 0 aliphatic carbocycles. The quantitative estimate of drug-likeness (QED) is 0.0484. The van der Waals surface area contributed by atoms with E-state index in [2.05, 4.69) is 16.0 Å². The number of amides is 5. The van der Waals surface area contributed by atoms with Gasteiger partial charge in [-0.1, -0.05) is 6.07 Å². The molecule has 5 aliphatic rings. The van der Waals surface area contributed by atoms with Crippen LogP contribution in [0.2, 0.25) is 0 Å². The Morgan fingerprint density at radius 1 is 0.870 bits per heavy atom. The number of aliphatic hydroxyl groups excluding tert-OH is 4. The molecule has 0 bridgehead atoms. The molecule has 0 saturated carbocycles. The lowest BCUT2D eigenvalue weighted by molar-refractivity contribution is -0.271. The largest absolute Gasteiger partial charge is 0.493 e. The van der Waals surface area contributed by atoms with Crippen LogP contribution >= 0.6 is 0 Å². The fourth-order valence-corrected chi connectivity index (χ4v) is 8.57. The first-order chi connectivity index (χ1) is 33.1. The molecule has 0 unspecified atom stereocenters. The van der Waals surface area contributed by atoms with Gasteiger partial charge in [-0.25, -0.2) is 19.4 Å². The van der Waals surface area contributed by atoms with Crippen LogP contribution in [0.4, 0.5) is 10.5 Å². The van der Waals surface area contributed by atoms with Crippen molar-refractivity contribution in [2.24, 2.45) is 0 Å². The predicted octanol–water partition coefficient (Wildman–Crippen LogP) is -1.09. The van der Waals surface area contributed by atoms with Crippen molar-refractivity contribution < 1.29 is 82.8 Å². The van der Waals surface area contributed by atoms with Crippen LogP contribution in [-0.4, -0.2) is 132 Å². The van der Waals surface area contributed by atoms with E-state index in [1.807, 2.05) is 6.07 Å². The zero-order valence-electron chi connectivity index (χ0n) is 36.0. The van der Waals surface area contributed by atoms with E-state index in [1.54, 1.807) is 12.1 Å². The number of carbonyl (C=O) groups is 7. The maximum Gasteiger partial charge on any atom is 0.407 e. The van der Waals surface area contributed by atoms with Gasteiger partial charge in [-0.3, -0.25) is 28.9 Å². The van der Waals surface area contributed by atoms with Crippen molar-refractivity contribution in [2.75, 3.05) is 25.0 Å². The molecule has 1 fully saturated rings. The SMILES string of the molecule is O=C(CCN1C(=O)C=CC1=O)NCCC(=O)Nc1cc(COC(=O)NCc2c3c(nc4cc5c(cc24)CCO5)-c2cc4c(c(=O)n2C3)COC(=O)[C@H]4O)ccc1O[C@@H]1O[C@H](C(=O)O)[C@@H](O)[C@H](O)[C@H]1O. The smallest absolute Gasteiger partial charge is 0.407 e. The molecular formula is C45H42N6O18. The Morgan fingerprint density at radius 2 is 1.65 bits per heavy atom. The van der Waals surface area contributed by atoms with Crippen molar-refractivity contribution in [3.63, 3.8) is 0 Å². The number of ether oxygens (including phenoxy) is 5. The molecule has 7 heterocycles. The Morgan fingerprint density at radius 3 is 2.42 bits per heavy atom. The Balaban J connectivity index is 0.908. The zero-order valence-corrected chi connectivity index (χ0v) is 36.0. The molecule has 9 rings (SSSR count). The molecule has 8 N–H and O–H groups in total. The average molecular weight is 955 g/mol. The second-order valence-corrected chi connectivity index (χ2v) is 16.5. The van der Waals surface area contributed by atoms with E-state index in [0.717, 1.165) is 22.6 Å². The molecule has 360 valence electrons. The number of aromatic nitrogens is 2. The van der Waals surface area contributed by atoms with Crippen LogP contribution < -0.4 is 31.0 Å². The number of pyridine rings is 2. The van der Waals surface area contributed by atoms with Crippen molar-refractivity contribution in [3.05, 3.63) is 92.3 Å². The third-order valence-corrected chi connectivity index (χ3v) is 12.2. The normalized spacial score (nSPS) is 22.0. The number of nitrogens with zero attached hydrogens (tertiary/aromatic N) is 3. The number of carboxylic acids is 1. The molecule has 2 aromatic heterocycles. The monoisotopic (exact) mass is 954 g/mol. The number of carboxylic acid groups (broad SMARTS) is 1. The van der Waals surface area contributed by atoms with Crippen molar-refractivity contribution in [2.45, 2.75) is 82.4 Å². The number of aliphatic hydroxyl groups is 4. The lowest BCUT2D eigenvalue weighted by atomic mass is 9.97. The molecular weight excluding hydrogens is 913 g/mol. The van der Waals surface area contributed by atoms with Crippen molar-refractivity contribution in [3.8, 4) is 22.9 Å². The molecule has 6 atom stereocenters. The minimum Gasteiger partial charge on any atom is -0.493 e. The highest BCUT2D eigenvalue weighted by atomic mass is 16.7. The third kappa shape index (κ3) is 9.05. The van der Waals surface area contributed by atoms with Crippen LogP contribution in [0, 0.1) is 0 Å². The van der Waals surface area contributed by atoms with Gasteiger partial charge in [0.1, 0.15) is 43.0 Å². The minimum absolute atomic E-state index is 0.0547. The van der Waals surface area contributed by atoms with Crippen LogP contribution in [0.25, 0.3) is 22.3 Å². The number of aliphatic carboxylic acids is 1. The van der Waals surface area contributed by atoms with Gasteiger partial charge < -0.3 is 69.7 Å². The molecule has 24 heteroatoms. The van der Waals surface area contributed by atoms with Gasteiger partial charge in [-0.05, 0) is 41.0 Å². The predicted molar refractivity (Wildman–Crippen MR) is 230 cm³/mol. The number of cyclic esters (lactones) is 1. The summed E-state index contributed by atoms with van der Waals surface area (Å²) in [7, 11) is 0. The van der Waals surface area contributed by atoms with E-state index < -0.39 is 90.6 Å². The van der Waals surface area contributed by atoms with E-state index in [-0.39, 0.29) is 73.8 Å². The second-order valence-electron chi connectivity index (χ2n) is 16.5. The summed E-state index contributed by atoms with van der Waals surface area (Å²) < 4.78 is 28.8. The lowest BCUT2D eigenvalue weighted by Gasteiger charge is -2.38. The number of hydrogen-bond acceptors (Lipinski definition) is 18. The van der Waals surface area contributed by atoms with Crippen LogP contribution in [0.5, 0.6) is 11.5 Å². The van der Waals surface area contributed by atoms with Gasteiger partial charge in [0.15, 0.2) is 12.2 Å². The summed E-state index contributed by atoms with van der Waals surface area (Å²) in [5.74, 6) is -4.47. The van der Waals surface area contributed by atoms with E-state index in [1.165, 1.54) is 22.8 Å². The summed E-state index contributed by atoms with van der Waals surface area (Å²) in [4.78, 5) is 106. The van der Waals surface area contributed by atoms with Gasteiger partial charge >= 0.3 is 18.0 Å². The number of benzene rings is 2. The highest BCUT2D eigenvalue weighted by Gasteiger charge is 2.48. The van der Waals surface area contributed by atoms with Gasteiger partial charge in [-0.2, -0.15) is 0 Å². The highest BCUT2D eigenvalue weighted by Crippen LogP contribution is 2.40. The molecule has 1 saturated heterocycles. The zero-order chi connectivity index (χ0) is 48.8. The van der Waals surface area contributed by atoms with Crippen LogP contribution in [0.15, 0.2) is 53.3 Å². The van der Waals surface area contributed by atoms with Crippen LogP contribution in [-0.2, 0) is 75.7 Å². The fourth-order valence-electron chi connectivity index (χ4n) is 8.57. The van der Waals surface area contributed by atoms with E-state index in [0.29, 0.717) is 52.2 Å². The van der Waals surface area contributed by atoms with Crippen molar-refractivity contribution in [1.29, 1.82) is 0 Å². The number of anilines is 1. The summed E-state index contributed by atoms with van der Waals surface area (Å²) in [5.41, 5.74) is 3.35. The first-order valence-electron chi connectivity index (χ1n) is 21.5. The molecule has 5 aliphatic heterocycles. The van der Waals surface area contributed by atoms with Gasteiger partial charge in [0.25, 0.3) is 17.4 Å². The van der Waals surface area contributed by atoms with E-state index >= 15 is 0 Å². The molecule has 0 radical (unpaired) electrons. The average Bonchev–Trinajstić information content (AvgIpc) is 4.03. The highest BCUT2D eigenvalue weighted by molar-refractivity contribution is 6.13. The number of imide groups is 1. The Hall–Kier alpha value is -7.77. The number of esters is 1. The molecule has 2 aromatic carbocycles. The second kappa shape index (κ2) is 18.7. The number of rotatable bonds is 14. The fraction of sp³-hybridized carbons (Fsp3) is 0.356. The third-order valence-electron chi connectivity index (χ3n) is 12.2. The van der Waals surface area contributed by atoms with Gasteiger partial charge in [-0.15, -0.1) is 0 Å². The number of carbonyl (C=O) groups excluding carboxylic acids is 6. The maximum absolute atomic E-state index is 13.7. The van der Waals surface area contributed by atoms with Gasteiger partial charge in [0.05, 0.1) is 41.3 Å². The first-order valence-corrected chi connectivity index (χ1v) is 21.5. The van der Waals surface area contributed by atoms with Gasteiger partial charge in [0, 0.05) is 73.6 Å². The van der Waals surface area contributed by atoms with Crippen molar-refractivity contribution >= 4 is 58.3 Å². The Kier molecular flexibility index (Phi) is 12.6. The molecule has 24 nitrogen and oxygen atoms in total. The maximum atomic E-state index is 13.7. The molecule has 4 aromatic rings. The topological polar surface area (TPSA) is 341 Å². The Labute approximate surface area is 388 Å². The number of fused-ring (bicyclic) bond motifs is 6. The number of alkyl carbamates (subject to hydrolysis) is 1.